The number of benzene rings is 3. The van der Waals surface area contributed by atoms with Gasteiger partial charge in [-0.3, -0.25) is 9.59 Å². The Bertz CT molecular complexity index is 1110. The molecule has 1 aliphatic rings. The third kappa shape index (κ3) is 3.55. The second kappa shape index (κ2) is 8.21. The molecule has 0 bridgehead atoms. The van der Waals surface area contributed by atoms with Crippen LogP contribution in [0.4, 0.5) is 5.69 Å². The molecule has 1 aliphatic heterocycles. The zero-order valence-corrected chi connectivity index (χ0v) is 16.4. The van der Waals surface area contributed by atoms with E-state index in [-0.39, 0.29) is 11.5 Å². The Morgan fingerprint density at radius 1 is 0.933 bits per heavy atom. The Morgan fingerprint density at radius 3 is 2.33 bits per heavy atom. The van der Waals surface area contributed by atoms with Gasteiger partial charge in [0.2, 0.25) is 0 Å². The molecular formula is C24H20N2O4. The Morgan fingerprint density at radius 2 is 1.60 bits per heavy atom. The normalized spacial score (nSPS) is 13.5. The quantitative estimate of drug-likeness (QED) is 0.661. The number of carbonyl (C=O) groups is 3. The van der Waals surface area contributed by atoms with Gasteiger partial charge in [-0.25, -0.2) is 4.79 Å². The molecule has 0 fully saturated rings. The highest BCUT2D eigenvalue weighted by Gasteiger charge is 2.37. The summed E-state index contributed by atoms with van der Waals surface area (Å²) in [6.45, 7) is 0.334. The van der Waals surface area contributed by atoms with Gasteiger partial charge in [0.05, 0.1) is 18.4 Å². The van der Waals surface area contributed by atoms with E-state index in [4.69, 9.17) is 4.74 Å². The Labute approximate surface area is 174 Å². The summed E-state index contributed by atoms with van der Waals surface area (Å²) in [5, 5.41) is 2.81. The van der Waals surface area contributed by atoms with E-state index in [0.717, 1.165) is 5.56 Å². The summed E-state index contributed by atoms with van der Waals surface area (Å²) >= 11 is 0. The van der Waals surface area contributed by atoms with Crippen LogP contribution in [0.2, 0.25) is 0 Å². The molecule has 1 atom stereocenters. The Kier molecular flexibility index (Phi) is 5.30. The van der Waals surface area contributed by atoms with Gasteiger partial charge in [-0.15, -0.1) is 0 Å². The fourth-order valence-electron chi connectivity index (χ4n) is 3.67. The summed E-state index contributed by atoms with van der Waals surface area (Å²) in [4.78, 5) is 40.1. The van der Waals surface area contributed by atoms with Crippen molar-refractivity contribution in [2.45, 2.75) is 12.6 Å². The lowest BCUT2D eigenvalue weighted by molar-refractivity contribution is -0.120. The number of hydrogen-bond acceptors (Lipinski definition) is 4. The first-order chi connectivity index (χ1) is 14.6. The largest absolute Gasteiger partial charge is 0.465 e. The fourth-order valence-corrected chi connectivity index (χ4v) is 3.67. The van der Waals surface area contributed by atoms with Gasteiger partial charge in [0.15, 0.2) is 0 Å². The molecule has 3 aromatic rings. The summed E-state index contributed by atoms with van der Waals surface area (Å²) in [7, 11) is 1.29. The predicted molar refractivity (Wildman–Crippen MR) is 112 cm³/mol. The number of rotatable bonds is 5. The minimum absolute atomic E-state index is 0.198. The first-order valence-corrected chi connectivity index (χ1v) is 9.52. The molecule has 0 saturated heterocycles. The van der Waals surface area contributed by atoms with Crippen molar-refractivity contribution in [1.29, 1.82) is 0 Å². The fraction of sp³-hybridized carbons (Fsp3) is 0.125. The van der Waals surface area contributed by atoms with E-state index in [9.17, 15) is 14.4 Å². The molecule has 30 heavy (non-hydrogen) atoms. The average molecular weight is 400 g/mol. The van der Waals surface area contributed by atoms with Crippen LogP contribution in [-0.2, 0) is 16.1 Å². The van der Waals surface area contributed by atoms with Crippen molar-refractivity contribution < 1.29 is 19.1 Å². The van der Waals surface area contributed by atoms with Crippen molar-refractivity contribution in [3.63, 3.8) is 0 Å². The van der Waals surface area contributed by atoms with Crippen LogP contribution >= 0.6 is 0 Å². The van der Waals surface area contributed by atoms with Gasteiger partial charge in [-0.2, -0.15) is 0 Å². The molecule has 1 heterocycles. The molecule has 1 N–H and O–H groups in total. The third-order valence-electron chi connectivity index (χ3n) is 5.11. The summed E-state index contributed by atoms with van der Waals surface area (Å²) in [6, 6.07) is 22.2. The van der Waals surface area contributed by atoms with Crippen LogP contribution in [0.1, 0.15) is 37.9 Å². The number of amides is 2. The molecule has 6 heteroatoms. The summed E-state index contributed by atoms with van der Waals surface area (Å²) in [5.41, 5.74) is 2.75. The van der Waals surface area contributed by atoms with Crippen LogP contribution in [0.5, 0.6) is 0 Å². The molecule has 0 radical (unpaired) electrons. The molecule has 4 rings (SSSR count). The third-order valence-corrected chi connectivity index (χ3v) is 5.11. The first-order valence-electron chi connectivity index (χ1n) is 9.52. The molecule has 0 saturated carbocycles. The van der Waals surface area contributed by atoms with Crippen molar-refractivity contribution in [2.75, 3.05) is 12.4 Å². The summed E-state index contributed by atoms with van der Waals surface area (Å²) in [5.74, 6) is -1.15. The number of anilines is 1. The molecule has 2 amide bonds. The van der Waals surface area contributed by atoms with E-state index in [0.29, 0.717) is 23.4 Å². The van der Waals surface area contributed by atoms with Crippen molar-refractivity contribution >= 4 is 23.5 Å². The number of nitrogens with zero attached hydrogens (tertiary/aromatic N) is 1. The van der Waals surface area contributed by atoms with E-state index in [1.165, 1.54) is 7.11 Å². The lowest BCUT2D eigenvalue weighted by atomic mass is 10.0. The maximum absolute atomic E-state index is 13.4. The highest BCUT2D eigenvalue weighted by molar-refractivity contribution is 6.06. The van der Waals surface area contributed by atoms with E-state index in [2.05, 4.69) is 5.32 Å². The Balaban J connectivity index is 1.70. The monoisotopic (exact) mass is 400 g/mol. The predicted octanol–water partition coefficient (Wildman–Crippen LogP) is 3.81. The number of esters is 1. The van der Waals surface area contributed by atoms with Gasteiger partial charge in [-0.1, -0.05) is 60.7 Å². The second-order valence-electron chi connectivity index (χ2n) is 6.93. The molecule has 0 aliphatic carbocycles. The highest BCUT2D eigenvalue weighted by Crippen LogP contribution is 2.32. The number of methoxy groups -OCH3 is 1. The summed E-state index contributed by atoms with van der Waals surface area (Å²) < 4.78 is 4.81. The molecule has 0 spiro atoms. The number of carbonyl (C=O) groups excluding carboxylic acids is 3. The van der Waals surface area contributed by atoms with Crippen LogP contribution in [0, 0.1) is 0 Å². The minimum atomic E-state index is -0.850. The van der Waals surface area contributed by atoms with Gasteiger partial charge in [0.25, 0.3) is 11.8 Å². The number of para-hydroxylation sites is 1. The topological polar surface area (TPSA) is 75.7 Å². The van der Waals surface area contributed by atoms with Crippen LogP contribution in [0.25, 0.3) is 0 Å². The molecule has 0 aromatic heterocycles. The SMILES string of the molecule is COC(=O)c1ccccc1NC(=O)[C@H](c1ccccc1)N1Cc2ccccc2C1=O. The van der Waals surface area contributed by atoms with Crippen molar-refractivity contribution in [3.8, 4) is 0 Å². The highest BCUT2D eigenvalue weighted by atomic mass is 16.5. The van der Waals surface area contributed by atoms with Crippen LogP contribution in [0.3, 0.4) is 0 Å². The number of hydrogen-bond donors (Lipinski definition) is 1. The molecule has 6 nitrogen and oxygen atoms in total. The van der Waals surface area contributed by atoms with Gasteiger partial charge in [0, 0.05) is 12.1 Å². The van der Waals surface area contributed by atoms with Crippen LogP contribution in [-0.4, -0.2) is 29.8 Å². The number of nitrogens with one attached hydrogen (secondary N) is 1. The van der Waals surface area contributed by atoms with Gasteiger partial charge < -0.3 is 15.0 Å². The maximum atomic E-state index is 13.4. The van der Waals surface area contributed by atoms with Gasteiger partial charge in [0.1, 0.15) is 6.04 Å². The van der Waals surface area contributed by atoms with E-state index in [1.807, 2.05) is 48.5 Å². The van der Waals surface area contributed by atoms with Crippen LogP contribution in [0.15, 0.2) is 78.9 Å². The van der Waals surface area contributed by atoms with Crippen LogP contribution < -0.4 is 5.32 Å². The Hall–Kier alpha value is -3.93. The van der Waals surface area contributed by atoms with Crippen molar-refractivity contribution in [3.05, 3.63) is 101 Å². The van der Waals surface area contributed by atoms with Crippen molar-refractivity contribution in [1.82, 2.24) is 4.90 Å². The van der Waals surface area contributed by atoms with E-state index < -0.39 is 17.9 Å². The second-order valence-corrected chi connectivity index (χ2v) is 6.93. The zero-order chi connectivity index (χ0) is 21.1. The molecule has 150 valence electrons. The average Bonchev–Trinajstić information content (AvgIpc) is 3.11. The maximum Gasteiger partial charge on any atom is 0.339 e. The zero-order valence-electron chi connectivity index (χ0n) is 16.4. The van der Waals surface area contributed by atoms with Crippen molar-refractivity contribution in [2.24, 2.45) is 0 Å². The molecule has 3 aromatic carbocycles. The lowest BCUT2D eigenvalue weighted by Crippen LogP contribution is -2.37. The smallest absolute Gasteiger partial charge is 0.339 e. The van der Waals surface area contributed by atoms with Gasteiger partial charge >= 0.3 is 5.97 Å². The van der Waals surface area contributed by atoms with E-state index >= 15 is 0 Å². The first kappa shape index (κ1) is 19.4. The number of ether oxygens (including phenoxy) is 1. The standard InChI is InChI=1S/C24H20N2O4/c1-30-24(29)19-13-7-8-14-20(19)25-22(27)21(16-9-3-2-4-10-16)26-15-17-11-5-6-12-18(17)23(26)28/h2-14,21H,15H2,1H3,(H,25,27)/t21-/m0/s1. The molecular weight excluding hydrogens is 380 g/mol. The lowest BCUT2D eigenvalue weighted by Gasteiger charge is -2.27. The number of fused-ring (bicyclic) bond motifs is 1. The van der Waals surface area contributed by atoms with Gasteiger partial charge in [-0.05, 0) is 29.3 Å². The molecule has 0 unspecified atom stereocenters. The summed E-state index contributed by atoms with van der Waals surface area (Å²) in [6.07, 6.45) is 0. The minimum Gasteiger partial charge on any atom is -0.465 e. The van der Waals surface area contributed by atoms with E-state index in [1.54, 1.807) is 35.2 Å².